The van der Waals surface area contributed by atoms with E-state index < -0.39 is 0 Å². The van der Waals surface area contributed by atoms with E-state index in [9.17, 15) is 0 Å². The molecule has 3 nitrogen and oxygen atoms in total. The molecule has 0 spiro atoms. The smallest absolute Gasteiger partial charge is 0.136 e. The summed E-state index contributed by atoms with van der Waals surface area (Å²) in [7, 11) is 0. The topological polar surface area (TPSA) is 21.3 Å². The molecule has 0 aliphatic heterocycles. The highest BCUT2D eigenvalue weighted by Gasteiger charge is 2.15. The summed E-state index contributed by atoms with van der Waals surface area (Å²) in [6, 6.07) is 78.1. The lowest BCUT2D eigenvalue weighted by Crippen LogP contribution is -2.09. The van der Waals surface area contributed by atoms with Crippen LogP contribution in [0.1, 0.15) is 0 Å². The average molecular weight is 729 g/mol. The van der Waals surface area contributed by atoms with Gasteiger partial charge in [-0.1, -0.05) is 133 Å². The van der Waals surface area contributed by atoms with E-state index in [1.807, 2.05) is 12.1 Å². The largest absolute Gasteiger partial charge is 0.456 e. The zero-order valence-electron chi connectivity index (χ0n) is 31.1. The van der Waals surface area contributed by atoms with Gasteiger partial charge in [0, 0.05) is 44.3 Å². The molecule has 0 saturated heterocycles. The highest BCUT2D eigenvalue weighted by atomic mass is 16.3. The van der Waals surface area contributed by atoms with Gasteiger partial charge >= 0.3 is 0 Å². The number of furan rings is 1. The molecule has 11 rings (SSSR count). The molecule has 11 aromatic rings. The van der Waals surface area contributed by atoms with E-state index in [0.29, 0.717) is 0 Å². The summed E-state index contributed by atoms with van der Waals surface area (Å²) in [6.45, 7) is 0. The van der Waals surface area contributed by atoms with E-state index in [1.165, 1.54) is 44.1 Å². The lowest BCUT2D eigenvalue weighted by molar-refractivity contribution is 0.669. The summed E-state index contributed by atoms with van der Waals surface area (Å²) < 4.78 is 8.56. The van der Waals surface area contributed by atoms with E-state index in [0.717, 1.165) is 55.8 Å². The van der Waals surface area contributed by atoms with Crippen LogP contribution in [0.5, 0.6) is 0 Å². The van der Waals surface area contributed by atoms with E-state index in [1.54, 1.807) is 0 Å². The first-order valence-electron chi connectivity index (χ1n) is 19.4. The van der Waals surface area contributed by atoms with Crippen molar-refractivity contribution in [3.05, 3.63) is 218 Å². The molecule has 0 saturated carbocycles. The van der Waals surface area contributed by atoms with Crippen molar-refractivity contribution in [3.63, 3.8) is 0 Å². The van der Waals surface area contributed by atoms with Gasteiger partial charge in [0.05, 0.1) is 11.0 Å². The lowest BCUT2D eigenvalue weighted by Gasteiger charge is -2.26. The number of fused-ring (bicyclic) bond motifs is 6. The van der Waals surface area contributed by atoms with E-state index in [2.05, 4.69) is 216 Å². The Balaban J connectivity index is 0.880. The number of aromatic nitrogens is 1. The molecule has 0 radical (unpaired) electrons. The maximum Gasteiger partial charge on any atom is 0.136 e. The molecule has 0 bridgehead atoms. The zero-order chi connectivity index (χ0) is 37.7. The molecule has 3 heteroatoms. The van der Waals surface area contributed by atoms with Crippen LogP contribution in [0.3, 0.4) is 0 Å². The minimum absolute atomic E-state index is 0.905. The van der Waals surface area contributed by atoms with Crippen molar-refractivity contribution < 1.29 is 4.42 Å². The summed E-state index contributed by atoms with van der Waals surface area (Å²) in [5.74, 6) is 0. The van der Waals surface area contributed by atoms with Gasteiger partial charge in [-0.3, -0.25) is 0 Å². The summed E-state index contributed by atoms with van der Waals surface area (Å²) in [6.07, 6.45) is 0. The molecule has 57 heavy (non-hydrogen) atoms. The first-order valence-corrected chi connectivity index (χ1v) is 19.4. The van der Waals surface area contributed by atoms with Crippen LogP contribution in [0.15, 0.2) is 223 Å². The number of nitrogens with zero attached hydrogens (tertiary/aromatic N) is 2. The van der Waals surface area contributed by atoms with Gasteiger partial charge in [0.25, 0.3) is 0 Å². The van der Waals surface area contributed by atoms with Crippen molar-refractivity contribution >= 4 is 60.8 Å². The first kappa shape index (κ1) is 32.8. The zero-order valence-corrected chi connectivity index (χ0v) is 31.1. The van der Waals surface area contributed by atoms with Crippen LogP contribution in [0.25, 0.3) is 82.8 Å². The van der Waals surface area contributed by atoms with Crippen molar-refractivity contribution in [2.24, 2.45) is 0 Å². The second-order valence-electron chi connectivity index (χ2n) is 14.6. The highest BCUT2D eigenvalue weighted by molar-refractivity contribution is 6.09. The Hall–Kier alpha value is -7.62. The molecule has 2 heterocycles. The van der Waals surface area contributed by atoms with Crippen molar-refractivity contribution in [1.82, 2.24) is 4.57 Å². The first-order chi connectivity index (χ1) is 28.2. The fraction of sp³-hybridized carbons (Fsp3) is 0. The molecular formula is C54H36N2O. The Labute approximate surface area is 330 Å². The standard InChI is InChI=1S/C54H36N2O/c1-2-13-43(14-3-1)55(45-30-23-39(24-31-45)42-27-34-50-49-17-6-9-20-53(49)57-54(50)36-42)44-28-21-37(22-29-44)40-11-10-12-41(35-40)38-25-32-46(33-26-38)56-51-18-7-4-15-47(51)48-16-5-8-19-52(48)56/h1-36H. The third kappa shape index (κ3) is 5.76. The number of hydrogen-bond donors (Lipinski definition) is 0. The van der Waals surface area contributed by atoms with E-state index in [4.69, 9.17) is 4.42 Å². The maximum atomic E-state index is 6.19. The highest BCUT2D eigenvalue weighted by Crippen LogP contribution is 2.39. The minimum Gasteiger partial charge on any atom is -0.456 e. The van der Waals surface area contributed by atoms with Gasteiger partial charge in [-0.15, -0.1) is 0 Å². The summed E-state index contributed by atoms with van der Waals surface area (Å²) >= 11 is 0. The fourth-order valence-corrected chi connectivity index (χ4v) is 8.42. The van der Waals surface area contributed by atoms with Gasteiger partial charge < -0.3 is 13.9 Å². The minimum atomic E-state index is 0.905. The predicted octanol–water partition coefficient (Wildman–Crippen LogP) is 15.2. The molecule has 2 aromatic heterocycles. The predicted molar refractivity (Wildman–Crippen MR) is 239 cm³/mol. The molecule has 0 amide bonds. The molecule has 0 unspecified atom stereocenters. The molecule has 268 valence electrons. The average Bonchev–Trinajstić information content (AvgIpc) is 3.83. The van der Waals surface area contributed by atoms with Crippen molar-refractivity contribution in [1.29, 1.82) is 0 Å². The number of benzene rings is 9. The third-order valence-corrected chi connectivity index (χ3v) is 11.2. The molecule has 0 aliphatic rings. The Kier molecular flexibility index (Phi) is 7.82. The Morgan fingerprint density at radius 1 is 0.298 bits per heavy atom. The number of anilines is 3. The normalized spacial score (nSPS) is 11.5. The third-order valence-electron chi connectivity index (χ3n) is 11.2. The Morgan fingerprint density at radius 3 is 1.37 bits per heavy atom. The van der Waals surface area contributed by atoms with Gasteiger partial charge in [-0.2, -0.15) is 0 Å². The molecule has 0 atom stereocenters. The van der Waals surface area contributed by atoms with Gasteiger partial charge in [-0.05, 0) is 118 Å². The molecule has 9 aromatic carbocycles. The molecule has 0 N–H and O–H groups in total. The van der Waals surface area contributed by atoms with E-state index in [-0.39, 0.29) is 0 Å². The van der Waals surface area contributed by atoms with Gasteiger partial charge in [0.1, 0.15) is 11.2 Å². The van der Waals surface area contributed by atoms with Gasteiger partial charge in [0.2, 0.25) is 0 Å². The second-order valence-corrected chi connectivity index (χ2v) is 14.6. The van der Waals surface area contributed by atoms with Crippen LogP contribution >= 0.6 is 0 Å². The van der Waals surface area contributed by atoms with Crippen LogP contribution in [0, 0.1) is 0 Å². The quantitative estimate of drug-likeness (QED) is 0.163. The SMILES string of the molecule is c1ccc(N(c2ccc(-c3cccc(-c4ccc(-n5c6ccccc6c6ccccc65)cc4)c3)cc2)c2ccc(-c3ccc4c(c3)oc3ccccc34)cc2)cc1. The number of rotatable bonds is 7. The maximum absolute atomic E-state index is 6.19. The van der Waals surface area contributed by atoms with Crippen LogP contribution in [-0.4, -0.2) is 4.57 Å². The van der Waals surface area contributed by atoms with Crippen LogP contribution in [0.4, 0.5) is 17.1 Å². The van der Waals surface area contributed by atoms with Crippen LogP contribution in [0.2, 0.25) is 0 Å². The second kappa shape index (κ2) is 13.6. The van der Waals surface area contributed by atoms with Crippen LogP contribution < -0.4 is 4.90 Å². The van der Waals surface area contributed by atoms with E-state index >= 15 is 0 Å². The summed E-state index contributed by atoms with van der Waals surface area (Å²) in [4.78, 5) is 2.31. The Bertz CT molecular complexity index is 3160. The fourth-order valence-electron chi connectivity index (χ4n) is 8.42. The van der Waals surface area contributed by atoms with Gasteiger partial charge in [0.15, 0.2) is 0 Å². The van der Waals surface area contributed by atoms with Crippen molar-refractivity contribution in [2.45, 2.75) is 0 Å². The number of para-hydroxylation sites is 4. The van der Waals surface area contributed by atoms with Crippen LogP contribution in [-0.2, 0) is 0 Å². The lowest BCUT2D eigenvalue weighted by atomic mass is 9.98. The summed E-state index contributed by atoms with van der Waals surface area (Å²) in [5.41, 5.74) is 15.7. The Morgan fingerprint density at radius 2 is 0.754 bits per heavy atom. The molecule has 0 fully saturated rings. The van der Waals surface area contributed by atoms with Gasteiger partial charge in [-0.25, -0.2) is 0 Å². The van der Waals surface area contributed by atoms with Crippen molar-refractivity contribution in [3.8, 4) is 39.1 Å². The summed E-state index contributed by atoms with van der Waals surface area (Å²) in [5, 5.41) is 4.83. The number of hydrogen-bond acceptors (Lipinski definition) is 2. The van der Waals surface area contributed by atoms with Crippen molar-refractivity contribution in [2.75, 3.05) is 4.90 Å². The monoisotopic (exact) mass is 728 g/mol. The molecule has 0 aliphatic carbocycles. The molecular weight excluding hydrogens is 693 g/mol.